The first-order chi connectivity index (χ1) is 10.9. The van der Waals surface area contributed by atoms with Gasteiger partial charge in [0, 0.05) is 18.2 Å². The molecular weight excluding hydrogens is 282 g/mol. The third kappa shape index (κ3) is 3.02. The van der Waals surface area contributed by atoms with Crippen molar-refractivity contribution < 1.29 is 0 Å². The second-order valence-corrected chi connectivity index (χ2v) is 7.21. The molecule has 3 nitrogen and oxygen atoms in total. The summed E-state index contributed by atoms with van der Waals surface area (Å²) in [5.74, 6) is 0. The van der Waals surface area contributed by atoms with Crippen LogP contribution in [0.25, 0.3) is 16.9 Å². The first-order valence-electron chi connectivity index (χ1n) is 8.19. The Morgan fingerprint density at radius 3 is 2.39 bits per heavy atom. The molecule has 2 aromatic heterocycles. The van der Waals surface area contributed by atoms with Crippen LogP contribution >= 0.6 is 0 Å². The Hall–Kier alpha value is -2.13. The Bertz CT molecular complexity index is 820. The third-order valence-electron chi connectivity index (χ3n) is 4.26. The number of nitrogens with zero attached hydrogens (tertiary/aromatic N) is 2. The zero-order valence-corrected chi connectivity index (χ0v) is 14.4. The molecule has 3 rings (SSSR count). The zero-order valence-electron chi connectivity index (χ0n) is 14.4. The average Bonchev–Trinajstić information content (AvgIpc) is 2.84. The molecule has 0 aliphatic rings. The summed E-state index contributed by atoms with van der Waals surface area (Å²) in [6, 6.07) is 13.1. The molecule has 0 aliphatic carbocycles. The summed E-state index contributed by atoms with van der Waals surface area (Å²) in [7, 11) is 0. The van der Waals surface area contributed by atoms with Gasteiger partial charge in [-0.1, -0.05) is 45.0 Å². The lowest BCUT2D eigenvalue weighted by Crippen LogP contribution is -2.10. The van der Waals surface area contributed by atoms with Crippen LogP contribution in [0.4, 0.5) is 0 Å². The van der Waals surface area contributed by atoms with Gasteiger partial charge in [-0.05, 0) is 42.1 Å². The standard InChI is InChI=1S/C20H25N3/c1-14-10-12-23-18(13-14)22-17(9-11-21)19(23)15-5-7-16(8-6-15)20(2,3)4/h5-8,10,12-13H,9,11,21H2,1-4H3. The fourth-order valence-electron chi connectivity index (χ4n) is 2.94. The number of pyridine rings is 1. The van der Waals surface area contributed by atoms with Crippen LogP contribution in [-0.4, -0.2) is 15.9 Å². The first kappa shape index (κ1) is 15.8. The summed E-state index contributed by atoms with van der Waals surface area (Å²) in [6.07, 6.45) is 2.89. The number of benzene rings is 1. The molecule has 0 bridgehead atoms. The van der Waals surface area contributed by atoms with Gasteiger partial charge in [-0.15, -0.1) is 0 Å². The summed E-state index contributed by atoms with van der Waals surface area (Å²) in [5.41, 5.74) is 12.9. The molecule has 0 atom stereocenters. The van der Waals surface area contributed by atoms with Crippen LogP contribution in [-0.2, 0) is 11.8 Å². The molecule has 23 heavy (non-hydrogen) atoms. The van der Waals surface area contributed by atoms with E-state index in [2.05, 4.69) is 74.7 Å². The van der Waals surface area contributed by atoms with Gasteiger partial charge < -0.3 is 5.73 Å². The molecule has 3 heteroatoms. The lowest BCUT2D eigenvalue weighted by molar-refractivity contribution is 0.590. The van der Waals surface area contributed by atoms with Crippen LogP contribution in [0, 0.1) is 6.92 Å². The zero-order chi connectivity index (χ0) is 16.6. The summed E-state index contributed by atoms with van der Waals surface area (Å²) < 4.78 is 2.17. The summed E-state index contributed by atoms with van der Waals surface area (Å²) in [6.45, 7) is 9.40. The normalized spacial score (nSPS) is 12.0. The summed E-state index contributed by atoms with van der Waals surface area (Å²) in [4.78, 5) is 4.79. The number of hydrogen-bond acceptors (Lipinski definition) is 2. The van der Waals surface area contributed by atoms with Gasteiger partial charge in [-0.2, -0.15) is 0 Å². The number of aromatic nitrogens is 2. The van der Waals surface area contributed by atoms with Crippen molar-refractivity contribution >= 4 is 5.65 Å². The second kappa shape index (κ2) is 5.82. The van der Waals surface area contributed by atoms with Gasteiger partial charge in [-0.25, -0.2) is 4.98 Å². The van der Waals surface area contributed by atoms with Crippen molar-refractivity contribution in [2.75, 3.05) is 6.54 Å². The lowest BCUT2D eigenvalue weighted by Gasteiger charge is -2.19. The highest BCUT2D eigenvalue weighted by atomic mass is 15.0. The number of imidazole rings is 1. The molecule has 3 aromatic rings. The molecule has 2 N–H and O–H groups in total. The van der Waals surface area contributed by atoms with Gasteiger partial charge in [0.1, 0.15) is 5.65 Å². The molecule has 120 valence electrons. The number of aryl methyl sites for hydroxylation is 1. The van der Waals surface area contributed by atoms with E-state index in [0.717, 1.165) is 23.5 Å². The van der Waals surface area contributed by atoms with Gasteiger partial charge in [0.15, 0.2) is 0 Å². The minimum Gasteiger partial charge on any atom is -0.330 e. The Labute approximate surface area is 138 Å². The Morgan fingerprint density at radius 1 is 1.09 bits per heavy atom. The molecule has 0 amide bonds. The van der Waals surface area contributed by atoms with E-state index in [0.29, 0.717) is 6.54 Å². The van der Waals surface area contributed by atoms with Crippen LogP contribution in [0.15, 0.2) is 42.6 Å². The Kier molecular flexibility index (Phi) is 3.99. The average molecular weight is 307 g/mol. The number of nitrogens with two attached hydrogens (primary N) is 1. The van der Waals surface area contributed by atoms with Crippen LogP contribution in [0.5, 0.6) is 0 Å². The van der Waals surface area contributed by atoms with Crippen molar-refractivity contribution in [3.8, 4) is 11.3 Å². The molecule has 0 radical (unpaired) electrons. The molecule has 2 heterocycles. The minimum absolute atomic E-state index is 0.162. The van der Waals surface area contributed by atoms with Crippen molar-refractivity contribution in [3.05, 3.63) is 59.4 Å². The maximum absolute atomic E-state index is 5.79. The van der Waals surface area contributed by atoms with E-state index in [-0.39, 0.29) is 5.41 Å². The van der Waals surface area contributed by atoms with Crippen LogP contribution in [0.2, 0.25) is 0 Å². The smallest absolute Gasteiger partial charge is 0.137 e. The fourth-order valence-corrected chi connectivity index (χ4v) is 2.94. The summed E-state index contributed by atoms with van der Waals surface area (Å²) in [5, 5.41) is 0. The molecule has 0 aliphatic heterocycles. The highest BCUT2D eigenvalue weighted by Gasteiger charge is 2.16. The first-order valence-corrected chi connectivity index (χ1v) is 8.19. The lowest BCUT2D eigenvalue weighted by atomic mass is 9.86. The largest absolute Gasteiger partial charge is 0.330 e. The van der Waals surface area contributed by atoms with E-state index in [1.165, 1.54) is 16.7 Å². The molecule has 0 spiro atoms. The van der Waals surface area contributed by atoms with E-state index >= 15 is 0 Å². The summed E-state index contributed by atoms with van der Waals surface area (Å²) >= 11 is 0. The number of rotatable bonds is 3. The van der Waals surface area contributed by atoms with Crippen LogP contribution in [0.3, 0.4) is 0 Å². The van der Waals surface area contributed by atoms with Gasteiger partial charge >= 0.3 is 0 Å². The Balaban J connectivity index is 2.16. The molecule has 1 aromatic carbocycles. The minimum atomic E-state index is 0.162. The quantitative estimate of drug-likeness (QED) is 0.791. The number of hydrogen-bond donors (Lipinski definition) is 1. The maximum atomic E-state index is 5.79. The SMILES string of the molecule is Cc1ccn2c(-c3ccc(C(C)(C)C)cc3)c(CCN)nc2c1. The van der Waals surface area contributed by atoms with E-state index in [1.54, 1.807) is 0 Å². The van der Waals surface area contributed by atoms with Crippen LogP contribution in [0.1, 0.15) is 37.6 Å². The fraction of sp³-hybridized carbons (Fsp3) is 0.350. The van der Waals surface area contributed by atoms with Crippen molar-refractivity contribution in [2.24, 2.45) is 5.73 Å². The molecule has 0 fully saturated rings. The van der Waals surface area contributed by atoms with Gasteiger partial charge in [0.25, 0.3) is 0 Å². The molecule has 0 saturated heterocycles. The van der Waals surface area contributed by atoms with Gasteiger partial charge in [0.2, 0.25) is 0 Å². The van der Waals surface area contributed by atoms with Gasteiger partial charge in [0.05, 0.1) is 11.4 Å². The van der Waals surface area contributed by atoms with Crippen molar-refractivity contribution in [1.29, 1.82) is 0 Å². The highest BCUT2D eigenvalue weighted by molar-refractivity contribution is 5.68. The van der Waals surface area contributed by atoms with E-state index in [4.69, 9.17) is 10.7 Å². The van der Waals surface area contributed by atoms with E-state index < -0.39 is 0 Å². The second-order valence-electron chi connectivity index (χ2n) is 7.21. The molecular formula is C20H25N3. The monoisotopic (exact) mass is 307 g/mol. The van der Waals surface area contributed by atoms with Crippen molar-refractivity contribution in [3.63, 3.8) is 0 Å². The van der Waals surface area contributed by atoms with Crippen molar-refractivity contribution in [2.45, 2.75) is 39.5 Å². The molecule has 0 unspecified atom stereocenters. The highest BCUT2D eigenvalue weighted by Crippen LogP contribution is 2.29. The van der Waals surface area contributed by atoms with Gasteiger partial charge in [-0.3, -0.25) is 4.40 Å². The van der Waals surface area contributed by atoms with E-state index in [1.807, 2.05) is 0 Å². The predicted molar refractivity (Wildman–Crippen MR) is 96.8 cm³/mol. The maximum Gasteiger partial charge on any atom is 0.137 e. The third-order valence-corrected chi connectivity index (χ3v) is 4.26. The molecule has 0 saturated carbocycles. The Morgan fingerprint density at radius 2 is 1.78 bits per heavy atom. The predicted octanol–water partition coefficient (Wildman–Crippen LogP) is 4.11. The van der Waals surface area contributed by atoms with Crippen LogP contribution < -0.4 is 5.73 Å². The van der Waals surface area contributed by atoms with E-state index in [9.17, 15) is 0 Å². The topological polar surface area (TPSA) is 43.3 Å². The van der Waals surface area contributed by atoms with Crippen molar-refractivity contribution in [1.82, 2.24) is 9.38 Å². The number of fused-ring (bicyclic) bond motifs is 1.